The number of halogens is 2. The van der Waals surface area contributed by atoms with Gasteiger partial charge in [0.05, 0.1) is 5.69 Å². The molecule has 0 saturated carbocycles. The Balaban J connectivity index is 2.93. The zero-order valence-corrected chi connectivity index (χ0v) is 7.23. The van der Waals surface area contributed by atoms with Gasteiger partial charge in [0.1, 0.15) is 10.3 Å². The molecule has 0 aromatic carbocycles. The highest BCUT2D eigenvalue weighted by molar-refractivity contribution is 6.32. The second-order valence-electron chi connectivity index (χ2n) is 1.93. The third kappa shape index (κ3) is 2.56. The van der Waals surface area contributed by atoms with Gasteiger partial charge in [-0.05, 0) is 12.1 Å². The highest BCUT2D eigenvalue weighted by atomic mass is 35.5. The number of carboxylic acid groups (broad SMARTS) is 1. The van der Waals surface area contributed by atoms with Crippen LogP contribution in [0.5, 0.6) is 0 Å². The monoisotopic (exact) mass is 206 g/mol. The summed E-state index contributed by atoms with van der Waals surface area (Å²) < 4.78 is 0. The van der Waals surface area contributed by atoms with Gasteiger partial charge in [0.2, 0.25) is 0 Å². The van der Waals surface area contributed by atoms with E-state index >= 15 is 0 Å². The van der Waals surface area contributed by atoms with Crippen LogP contribution in [0.15, 0.2) is 12.1 Å². The Kier molecular flexibility index (Phi) is 2.73. The lowest BCUT2D eigenvalue weighted by molar-refractivity contribution is 0.210. The van der Waals surface area contributed by atoms with Crippen LogP contribution in [0, 0.1) is 0 Å². The van der Waals surface area contributed by atoms with Gasteiger partial charge < -0.3 is 5.11 Å². The van der Waals surface area contributed by atoms with Gasteiger partial charge in [0, 0.05) is 0 Å². The zero-order chi connectivity index (χ0) is 9.14. The number of rotatable bonds is 1. The summed E-state index contributed by atoms with van der Waals surface area (Å²) in [4.78, 5) is 13.8. The van der Waals surface area contributed by atoms with Crippen molar-refractivity contribution in [3.8, 4) is 0 Å². The van der Waals surface area contributed by atoms with E-state index in [2.05, 4.69) is 10.3 Å². The highest BCUT2D eigenvalue weighted by Gasteiger charge is 2.01. The lowest BCUT2D eigenvalue weighted by Gasteiger charge is -2.00. The largest absolute Gasteiger partial charge is 0.465 e. The zero-order valence-electron chi connectivity index (χ0n) is 5.71. The predicted molar refractivity (Wildman–Crippen MR) is 45.9 cm³/mol. The summed E-state index contributed by atoms with van der Waals surface area (Å²) in [5.41, 5.74) is 0.299. The van der Waals surface area contributed by atoms with E-state index in [0.29, 0.717) is 5.69 Å². The molecule has 0 aliphatic rings. The van der Waals surface area contributed by atoms with Gasteiger partial charge >= 0.3 is 6.09 Å². The third-order valence-electron chi connectivity index (χ3n) is 1.01. The fraction of sp³-hybridized carbons (Fsp3) is 0. The summed E-state index contributed by atoms with van der Waals surface area (Å²) in [5, 5.41) is 10.7. The Morgan fingerprint density at radius 1 is 1.42 bits per heavy atom. The molecule has 0 aliphatic heterocycles. The first kappa shape index (κ1) is 9.09. The van der Waals surface area contributed by atoms with Crippen LogP contribution in [-0.2, 0) is 0 Å². The summed E-state index contributed by atoms with van der Waals surface area (Å²) >= 11 is 11.0. The van der Waals surface area contributed by atoms with E-state index in [0.717, 1.165) is 0 Å². The van der Waals surface area contributed by atoms with Gasteiger partial charge in [-0.25, -0.2) is 9.78 Å². The van der Waals surface area contributed by atoms with Gasteiger partial charge in [0.25, 0.3) is 0 Å². The molecule has 6 heteroatoms. The summed E-state index contributed by atoms with van der Waals surface area (Å²) in [7, 11) is 0. The number of hydrogen-bond acceptors (Lipinski definition) is 2. The Labute approximate surface area is 78.1 Å². The predicted octanol–water partition coefficient (Wildman–Crippen LogP) is 2.48. The summed E-state index contributed by atoms with van der Waals surface area (Å²) in [6, 6.07) is 2.73. The maximum atomic E-state index is 10.2. The molecule has 0 spiro atoms. The molecule has 1 aromatic heterocycles. The molecule has 12 heavy (non-hydrogen) atoms. The fourth-order valence-corrected chi connectivity index (χ4v) is 1.12. The molecule has 64 valence electrons. The van der Waals surface area contributed by atoms with Crippen LogP contribution in [0.3, 0.4) is 0 Å². The van der Waals surface area contributed by atoms with Crippen molar-refractivity contribution in [1.82, 2.24) is 4.98 Å². The number of carbonyl (C=O) groups is 1. The smallest absolute Gasteiger partial charge is 0.409 e. The minimum Gasteiger partial charge on any atom is -0.465 e. The molecule has 0 atom stereocenters. The molecular formula is C6H4Cl2N2O2. The second-order valence-corrected chi connectivity index (χ2v) is 2.71. The van der Waals surface area contributed by atoms with Crippen molar-refractivity contribution in [2.24, 2.45) is 0 Å². The van der Waals surface area contributed by atoms with Crippen molar-refractivity contribution in [2.45, 2.75) is 0 Å². The van der Waals surface area contributed by atoms with Gasteiger partial charge in [-0.1, -0.05) is 23.2 Å². The molecule has 1 amide bonds. The van der Waals surface area contributed by atoms with E-state index in [9.17, 15) is 4.79 Å². The van der Waals surface area contributed by atoms with Crippen LogP contribution in [0.1, 0.15) is 0 Å². The molecule has 4 nitrogen and oxygen atoms in total. The lowest BCUT2D eigenvalue weighted by atomic mass is 10.4. The maximum Gasteiger partial charge on any atom is 0.409 e. The molecular weight excluding hydrogens is 203 g/mol. The molecule has 0 unspecified atom stereocenters. The fourth-order valence-electron chi connectivity index (χ4n) is 0.661. The van der Waals surface area contributed by atoms with Crippen molar-refractivity contribution in [2.75, 3.05) is 5.32 Å². The number of anilines is 1. The number of amides is 1. The molecule has 0 fully saturated rings. The first-order chi connectivity index (χ1) is 5.58. The van der Waals surface area contributed by atoms with Gasteiger partial charge in [-0.3, -0.25) is 5.32 Å². The van der Waals surface area contributed by atoms with Crippen molar-refractivity contribution >= 4 is 35.0 Å². The summed E-state index contributed by atoms with van der Waals surface area (Å²) in [6.07, 6.45) is -1.17. The third-order valence-corrected chi connectivity index (χ3v) is 1.40. The maximum absolute atomic E-state index is 10.2. The van der Waals surface area contributed by atoms with E-state index in [1.165, 1.54) is 12.1 Å². The number of nitrogens with zero attached hydrogens (tertiary/aromatic N) is 1. The van der Waals surface area contributed by atoms with Crippen molar-refractivity contribution in [3.05, 3.63) is 22.4 Å². The van der Waals surface area contributed by atoms with Crippen LogP contribution < -0.4 is 5.32 Å². The highest BCUT2D eigenvalue weighted by Crippen LogP contribution is 2.18. The number of hydrogen-bond donors (Lipinski definition) is 2. The van der Waals surface area contributed by atoms with E-state index < -0.39 is 6.09 Å². The Hall–Kier alpha value is -1.00. The molecule has 1 heterocycles. The van der Waals surface area contributed by atoms with Crippen LogP contribution in [0.25, 0.3) is 0 Å². The first-order valence-corrected chi connectivity index (χ1v) is 3.66. The number of aromatic nitrogens is 1. The molecule has 2 N–H and O–H groups in total. The van der Waals surface area contributed by atoms with Crippen molar-refractivity contribution in [1.29, 1.82) is 0 Å². The Morgan fingerprint density at radius 3 is 2.33 bits per heavy atom. The van der Waals surface area contributed by atoms with Crippen molar-refractivity contribution < 1.29 is 9.90 Å². The SMILES string of the molecule is O=C(O)Nc1cc(Cl)nc(Cl)c1. The molecule has 0 bridgehead atoms. The molecule has 1 rings (SSSR count). The van der Waals surface area contributed by atoms with E-state index in [1.807, 2.05) is 0 Å². The van der Waals surface area contributed by atoms with Crippen LogP contribution >= 0.6 is 23.2 Å². The van der Waals surface area contributed by atoms with Crippen LogP contribution in [-0.4, -0.2) is 16.2 Å². The normalized spacial score (nSPS) is 9.50. The lowest BCUT2D eigenvalue weighted by Crippen LogP contribution is -2.07. The summed E-state index contributed by atoms with van der Waals surface area (Å²) in [5.74, 6) is 0. The standard InChI is InChI=1S/C6H4Cl2N2O2/c7-4-1-3(9-6(11)12)2-5(8)10-4/h1-2H,(H,9,10)(H,11,12). The quantitative estimate of drug-likeness (QED) is 0.695. The van der Waals surface area contributed by atoms with Crippen LogP contribution in [0.4, 0.5) is 10.5 Å². The second kappa shape index (κ2) is 3.60. The Bertz CT molecular complexity index is 296. The number of nitrogens with one attached hydrogen (secondary N) is 1. The van der Waals surface area contributed by atoms with E-state index in [1.54, 1.807) is 0 Å². The number of pyridine rings is 1. The van der Waals surface area contributed by atoms with Gasteiger partial charge in [-0.15, -0.1) is 0 Å². The molecule has 1 aromatic rings. The summed E-state index contributed by atoms with van der Waals surface area (Å²) in [6.45, 7) is 0. The minimum atomic E-state index is -1.17. The first-order valence-electron chi connectivity index (χ1n) is 2.91. The molecule has 0 aliphatic carbocycles. The minimum absolute atomic E-state index is 0.145. The van der Waals surface area contributed by atoms with Gasteiger partial charge in [0.15, 0.2) is 0 Å². The van der Waals surface area contributed by atoms with E-state index in [4.69, 9.17) is 28.3 Å². The molecule has 0 saturated heterocycles. The van der Waals surface area contributed by atoms with Gasteiger partial charge in [-0.2, -0.15) is 0 Å². The molecule has 0 radical (unpaired) electrons. The average Bonchev–Trinajstić information content (AvgIpc) is 1.81. The Morgan fingerprint density at radius 2 is 1.92 bits per heavy atom. The van der Waals surface area contributed by atoms with Crippen LogP contribution in [0.2, 0.25) is 10.3 Å². The average molecular weight is 207 g/mol. The van der Waals surface area contributed by atoms with Crippen molar-refractivity contribution in [3.63, 3.8) is 0 Å². The topological polar surface area (TPSA) is 62.2 Å². The van der Waals surface area contributed by atoms with E-state index in [-0.39, 0.29) is 10.3 Å².